The van der Waals surface area contributed by atoms with Crippen molar-refractivity contribution in [1.29, 1.82) is 5.26 Å². The number of hydrogen-bond acceptors (Lipinski definition) is 4. The Morgan fingerprint density at radius 3 is 2.45 bits per heavy atom. The average molecular weight is 437 g/mol. The van der Waals surface area contributed by atoms with Crippen LogP contribution in [0.4, 0.5) is 18.9 Å². The summed E-state index contributed by atoms with van der Waals surface area (Å²) in [5.74, 6) is -0.349. The third-order valence-electron chi connectivity index (χ3n) is 6.50. The smallest absolute Gasteiger partial charge is 0.368 e. The number of amides is 1. The summed E-state index contributed by atoms with van der Waals surface area (Å²) in [6.07, 6.45) is -1.34. The molecule has 1 aromatic rings. The van der Waals surface area contributed by atoms with E-state index in [9.17, 15) is 23.2 Å². The maximum atomic E-state index is 12.3. The first kappa shape index (κ1) is 23.4. The first-order chi connectivity index (χ1) is 14.7. The largest absolute Gasteiger partial charge is 0.397 e. The molecule has 0 aromatic heterocycles. The number of aryl methyl sites for hydroxylation is 1. The molecule has 2 fully saturated rings. The minimum atomic E-state index is -4.44. The molecule has 170 valence electrons. The first-order valence-corrected chi connectivity index (χ1v) is 11.1. The van der Waals surface area contributed by atoms with Crippen molar-refractivity contribution in [2.24, 2.45) is 5.92 Å². The van der Waals surface area contributed by atoms with E-state index < -0.39 is 18.5 Å². The van der Waals surface area contributed by atoms with Gasteiger partial charge in [0, 0.05) is 32.2 Å². The monoisotopic (exact) mass is 436 g/mol. The number of nitrogens with zero attached hydrogens (tertiary/aromatic N) is 3. The van der Waals surface area contributed by atoms with Crippen LogP contribution in [0, 0.1) is 24.2 Å². The standard InChI is InChI=1S/C23H31F3N4O/c1-17-3-2-4-21(20(17)16-27)30-13-11-29(12-14-30)10-9-18-5-7-19(8-6-18)28-22(31)15-23(24,25)26/h2-4,18-19H,5-15H2,1H3,(H,28,31)/t18-,19-. The molecule has 8 heteroatoms. The van der Waals surface area contributed by atoms with Gasteiger partial charge in [0.05, 0.1) is 11.3 Å². The van der Waals surface area contributed by atoms with E-state index in [2.05, 4.69) is 21.2 Å². The van der Waals surface area contributed by atoms with Gasteiger partial charge in [0.1, 0.15) is 12.5 Å². The van der Waals surface area contributed by atoms with Crippen LogP contribution >= 0.6 is 0 Å². The highest BCUT2D eigenvalue weighted by Gasteiger charge is 2.32. The van der Waals surface area contributed by atoms with Crippen molar-refractivity contribution in [3.63, 3.8) is 0 Å². The minimum Gasteiger partial charge on any atom is -0.368 e. The highest BCUT2D eigenvalue weighted by molar-refractivity contribution is 5.76. The molecule has 1 heterocycles. The van der Waals surface area contributed by atoms with Gasteiger partial charge in [0.15, 0.2) is 0 Å². The summed E-state index contributed by atoms with van der Waals surface area (Å²) in [5.41, 5.74) is 2.79. The Morgan fingerprint density at radius 2 is 1.84 bits per heavy atom. The number of benzene rings is 1. The molecule has 2 aliphatic rings. The number of piperazine rings is 1. The first-order valence-electron chi connectivity index (χ1n) is 11.1. The van der Waals surface area contributed by atoms with E-state index in [-0.39, 0.29) is 6.04 Å². The molecular formula is C23H31F3N4O. The van der Waals surface area contributed by atoms with Crippen LogP contribution < -0.4 is 10.2 Å². The third-order valence-corrected chi connectivity index (χ3v) is 6.50. The molecule has 0 radical (unpaired) electrons. The van der Waals surface area contributed by atoms with Crippen molar-refractivity contribution in [2.75, 3.05) is 37.6 Å². The van der Waals surface area contributed by atoms with Gasteiger partial charge >= 0.3 is 6.18 Å². The van der Waals surface area contributed by atoms with Gasteiger partial charge in [-0.05, 0) is 63.1 Å². The number of halogens is 3. The van der Waals surface area contributed by atoms with Crippen molar-refractivity contribution in [3.8, 4) is 6.07 Å². The Bertz CT molecular complexity index is 789. The van der Waals surface area contributed by atoms with Crippen molar-refractivity contribution in [1.82, 2.24) is 10.2 Å². The van der Waals surface area contributed by atoms with E-state index in [1.807, 2.05) is 25.1 Å². The van der Waals surface area contributed by atoms with Gasteiger partial charge in [-0.3, -0.25) is 9.69 Å². The summed E-state index contributed by atoms with van der Waals surface area (Å²) in [7, 11) is 0. The minimum absolute atomic E-state index is 0.127. The predicted octanol–water partition coefficient (Wildman–Crippen LogP) is 4.01. The SMILES string of the molecule is Cc1cccc(N2CCN(CC[C@H]3CC[C@H](NC(=O)CC(F)(F)F)CC3)CC2)c1C#N. The van der Waals surface area contributed by atoms with Gasteiger partial charge in [0.2, 0.25) is 5.91 Å². The van der Waals surface area contributed by atoms with Crippen molar-refractivity contribution >= 4 is 11.6 Å². The van der Waals surface area contributed by atoms with E-state index in [4.69, 9.17) is 0 Å². The third kappa shape index (κ3) is 6.86. The van der Waals surface area contributed by atoms with Crippen LogP contribution in [-0.4, -0.2) is 55.7 Å². The van der Waals surface area contributed by atoms with E-state index in [0.29, 0.717) is 5.92 Å². The maximum absolute atomic E-state index is 12.3. The summed E-state index contributed by atoms with van der Waals surface area (Å²) in [6.45, 7) is 6.70. The number of alkyl halides is 3. The molecule has 0 spiro atoms. The number of nitriles is 1. The Labute approximate surface area is 182 Å². The predicted molar refractivity (Wildman–Crippen MR) is 114 cm³/mol. The van der Waals surface area contributed by atoms with Crippen LogP contribution in [0.25, 0.3) is 0 Å². The van der Waals surface area contributed by atoms with Crippen molar-refractivity contribution in [2.45, 2.75) is 57.7 Å². The van der Waals surface area contributed by atoms with Crippen LogP contribution in [0.3, 0.4) is 0 Å². The molecule has 1 aliphatic heterocycles. The number of carbonyl (C=O) groups is 1. The zero-order chi connectivity index (χ0) is 22.4. The van der Waals surface area contributed by atoms with Gasteiger partial charge in [-0.15, -0.1) is 0 Å². The molecule has 5 nitrogen and oxygen atoms in total. The zero-order valence-electron chi connectivity index (χ0n) is 18.0. The highest BCUT2D eigenvalue weighted by atomic mass is 19.4. The summed E-state index contributed by atoms with van der Waals surface area (Å²) < 4.78 is 36.9. The lowest BCUT2D eigenvalue weighted by Crippen LogP contribution is -2.47. The van der Waals surface area contributed by atoms with Gasteiger partial charge in [-0.2, -0.15) is 18.4 Å². The van der Waals surface area contributed by atoms with Gasteiger partial charge in [-0.1, -0.05) is 12.1 Å². The Kier molecular flexibility index (Phi) is 7.82. The molecule has 0 unspecified atom stereocenters. The fraction of sp³-hybridized carbons (Fsp3) is 0.652. The van der Waals surface area contributed by atoms with Crippen LogP contribution in [0.5, 0.6) is 0 Å². The number of hydrogen-bond donors (Lipinski definition) is 1. The average Bonchev–Trinajstić information content (AvgIpc) is 2.72. The highest BCUT2D eigenvalue weighted by Crippen LogP contribution is 2.29. The summed E-state index contributed by atoms with van der Waals surface area (Å²) in [6, 6.07) is 8.19. The van der Waals surface area contributed by atoms with E-state index in [1.54, 1.807) is 0 Å². The number of nitrogens with one attached hydrogen (secondary N) is 1. The number of anilines is 1. The second-order valence-corrected chi connectivity index (χ2v) is 8.78. The van der Waals surface area contributed by atoms with Gasteiger partial charge in [-0.25, -0.2) is 0 Å². The fourth-order valence-electron chi connectivity index (χ4n) is 4.69. The summed E-state index contributed by atoms with van der Waals surface area (Å²) in [4.78, 5) is 16.2. The van der Waals surface area contributed by atoms with Crippen LogP contribution in [0.1, 0.15) is 49.7 Å². The normalized spacial score (nSPS) is 22.7. The molecule has 1 N–H and O–H groups in total. The number of carbonyl (C=O) groups excluding carboxylic acids is 1. The Balaban J connectivity index is 1.36. The lowest BCUT2D eigenvalue weighted by molar-refractivity contribution is -0.154. The summed E-state index contributed by atoms with van der Waals surface area (Å²) >= 11 is 0. The molecule has 1 saturated carbocycles. The van der Waals surface area contributed by atoms with Crippen molar-refractivity contribution in [3.05, 3.63) is 29.3 Å². The Hall–Kier alpha value is -2.27. The molecule has 1 saturated heterocycles. The topological polar surface area (TPSA) is 59.4 Å². The molecule has 1 amide bonds. The molecule has 0 atom stereocenters. The second-order valence-electron chi connectivity index (χ2n) is 8.78. The van der Waals surface area contributed by atoms with E-state index in [0.717, 1.165) is 81.6 Å². The van der Waals surface area contributed by atoms with E-state index in [1.165, 1.54) is 0 Å². The van der Waals surface area contributed by atoms with Crippen LogP contribution in [0.2, 0.25) is 0 Å². The van der Waals surface area contributed by atoms with E-state index >= 15 is 0 Å². The molecular weight excluding hydrogens is 405 g/mol. The maximum Gasteiger partial charge on any atom is 0.397 e. The lowest BCUT2D eigenvalue weighted by Gasteiger charge is -2.37. The molecule has 31 heavy (non-hydrogen) atoms. The zero-order valence-corrected chi connectivity index (χ0v) is 18.0. The fourth-order valence-corrected chi connectivity index (χ4v) is 4.69. The molecule has 1 aromatic carbocycles. The quantitative estimate of drug-likeness (QED) is 0.732. The van der Waals surface area contributed by atoms with Crippen LogP contribution in [0.15, 0.2) is 18.2 Å². The van der Waals surface area contributed by atoms with Gasteiger partial charge in [0.25, 0.3) is 0 Å². The van der Waals surface area contributed by atoms with Crippen LogP contribution in [-0.2, 0) is 4.79 Å². The Morgan fingerprint density at radius 1 is 1.16 bits per heavy atom. The lowest BCUT2D eigenvalue weighted by atomic mass is 9.84. The molecule has 3 rings (SSSR count). The van der Waals surface area contributed by atoms with Gasteiger partial charge < -0.3 is 10.2 Å². The van der Waals surface area contributed by atoms with Crippen molar-refractivity contribution < 1.29 is 18.0 Å². The second kappa shape index (κ2) is 10.4. The molecule has 1 aliphatic carbocycles. The number of rotatable bonds is 6. The molecule has 0 bridgehead atoms. The summed E-state index contributed by atoms with van der Waals surface area (Å²) in [5, 5.41) is 12.0.